The van der Waals surface area contributed by atoms with Gasteiger partial charge in [-0.15, -0.1) is 10.2 Å². The molecule has 0 bridgehead atoms. The van der Waals surface area contributed by atoms with Crippen molar-refractivity contribution >= 4 is 23.4 Å². The van der Waals surface area contributed by atoms with Crippen LogP contribution in [-0.2, 0) is 11.8 Å². The van der Waals surface area contributed by atoms with Crippen molar-refractivity contribution in [1.82, 2.24) is 14.8 Å². The number of benzene rings is 1. The van der Waals surface area contributed by atoms with Gasteiger partial charge in [-0.2, -0.15) is 5.26 Å². The highest BCUT2D eigenvalue weighted by Gasteiger charge is 2.19. The van der Waals surface area contributed by atoms with E-state index in [0.29, 0.717) is 23.3 Å². The maximum atomic E-state index is 12.9. The summed E-state index contributed by atoms with van der Waals surface area (Å²) in [6.07, 6.45) is 1.85. The molecular weight excluding hydrogens is 374 g/mol. The normalized spacial score (nSPS) is 10.6. The number of carbonyl (C=O) groups is 1. The molecule has 3 aromatic rings. The van der Waals surface area contributed by atoms with Crippen LogP contribution in [0.4, 0.5) is 5.69 Å². The predicted octanol–water partition coefficient (Wildman–Crippen LogP) is 3.73. The first-order valence-corrected chi connectivity index (χ1v) is 9.80. The van der Waals surface area contributed by atoms with Gasteiger partial charge in [0.1, 0.15) is 0 Å². The van der Waals surface area contributed by atoms with Gasteiger partial charge in [-0.1, -0.05) is 17.8 Å². The second-order valence-electron chi connectivity index (χ2n) is 6.43. The van der Waals surface area contributed by atoms with Gasteiger partial charge in [-0.3, -0.25) is 4.79 Å². The monoisotopic (exact) mass is 395 g/mol. The number of rotatable bonds is 7. The molecule has 0 aliphatic heterocycles. The lowest BCUT2D eigenvalue weighted by atomic mass is 10.1. The van der Waals surface area contributed by atoms with Crippen LogP contribution in [0.5, 0.6) is 0 Å². The Morgan fingerprint density at radius 1 is 1.29 bits per heavy atom. The van der Waals surface area contributed by atoms with Crippen molar-refractivity contribution in [3.8, 4) is 17.7 Å². The number of nitrogens with zero attached hydrogens (tertiary/aromatic N) is 5. The molecule has 28 heavy (non-hydrogen) atoms. The SMILES string of the molecule is Cc1cc(C)cc(N(CCC#N)C(=O)CSc2nnc(-c3ccco3)n2C)c1. The zero-order valence-corrected chi connectivity index (χ0v) is 16.9. The van der Waals surface area contributed by atoms with Crippen LogP contribution >= 0.6 is 11.8 Å². The number of carbonyl (C=O) groups excluding carboxylic acids is 1. The summed E-state index contributed by atoms with van der Waals surface area (Å²) in [6.45, 7) is 4.34. The first-order chi connectivity index (χ1) is 13.5. The van der Waals surface area contributed by atoms with Crippen LogP contribution in [0.3, 0.4) is 0 Å². The highest BCUT2D eigenvalue weighted by molar-refractivity contribution is 7.99. The molecule has 144 valence electrons. The topological polar surface area (TPSA) is 87.9 Å². The molecule has 0 saturated carbocycles. The molecule has 0 N–H and O–H groups in total. The summed E-state index contributed by atoms with van der Waals surface area (Å²) in [5, 5.41) is 17.9. The molecule has 3 rings (SSSR count). The van der Waals surface area contributed by atoms with E-state index >= 15 is 0 Å². The minimum atomic E-state index is -0.0761. The van der Waals surface area contributed by atoms with E-state index < -0.39 is 0 Å². The molecule has 0 aliphatic carbocycles. The minimum Gasteiger partial charge on any atom is -0.461 e. The van der Waals surface area contributed by atoms with Crippen molar-refractivity contribution in [3.05, 3.63) is 47.7 Å². The number of amides is 1. The molecule has 7 nitrogen and oxygen atoms in total. The van der Waals surface area contributed by atoms with Crippen LogP contribution in [0, 0.1) is 25.2 Å². The summed E-state index contributed by atoms with van der Waals surface area (Å²) >= 11 is 1.31. The summed E-state index contributed by atoms with van der Waals surface area (Å²) in [6, 6.07) is 11.7. The van der Waals surface area contributed by atoms with E-state index in [0.717, 1.165) is 16.8 Å². The third-order valence-electron chi connectivity index (χ3n) is 4.17. The number of hydrogen-bond donors (Lipinski definition) is 0. The average molecular weight is 395 g/mol. The Morgan fingerprint density at radius 3 is 2.68 bits per heavy atom. The average Bonchev–Trinajstić information content (AvgIpc) is 3.29. The maximum absolute atomic E-state index is 12.9. The number of anilines is 1. The Balaban J connectivity index is 1.75. The van der Waals surface area contributed by atoms with Gasteiger partial charge in [0.15, 0.2) is 16.7 Å². The highest BCUT2D eigenvalue weighted by atomic mass is 32.2. The zero-order chi connectivity index (χ0) is 20.1. The van der Waals surface area contributed by atoms with Crippen molar-refractivity contribution in [3.63, 3.8) is 0 Å². The van der Waals surface area contributed by atoms with Gasteiger partial charge in [-0.25, -0.2) is 0 Å². The Labute approximate surface area is 168 Å². The molecule has 2 heterocycles. The first kappa shape index (κ1) is 19.7. The van der Waals surface area contributed by atoms with Gasteiger partial charge >= 0.3 is 0 Å². The lowest BCUT2D eigenvalue weighted by molar-refractivity contribution is -0.116. The lowest BCUT2D eigenvalue weighted by Gasteiger charge is -2.22. The summed E-state index contributed by atoms with van der Waals surface area (Å²) in [5.41, 5.74) is 2.97. The van der Waals surface area contributed by atoms with Crippen molar-refractivity contribution in [2.45, 2.75) is 25.4 Å². The van der Waals surface area contributed by atoms with E-state index in [1.807, 2.05) is 39.1 Å². The fourth-order valence-electron chi connectivity index (χ4n) is 2.93. The molecule has 0 fully saturated rings. The van der Waals surface area contributed by atoms with Gasteiger partial charge in [0.25, 0.3) is 0 Å². The fraction of sp³-hybridized carbons (Fsp3) is 0.300. The molecule has 1 aromatic carbocycles. The van der Waals surface area contributed by atoms with Gasteiger partial charge in [0.2, 0.25) is 5.91 Å². The Hall–Kier alpha value is -3.05. The summed E-state index contributed by atoms with van der Waals surface area (Å²) < 4.78 is 7.16. The number of thioether (sulfide) groups is 1. The molecular formula is C20H21N5O2S. The smallest absolute Gasteiger partial charge is 0.237 e. The maximum Gasteiger partial charge on any atom is 0.237 e. The molecule has 0 atom stereocenters. The van der Waals surface area contributed by atoms with Crippen molar-refractivity contribution in [2.24, 2.45) is 7.05 Å². The highest BCUT2D eigenvalue weighted by Crippen LogP contribution is 2.25. The number of furan rings is 1. The van der Waals surface area contributed by atoms with Crippen LogP contribution in [0.2, 0.25) is 0 Å². The molecule has 0 unspecified atom stereocenters. The largest absolute Gasteiger partial charge is 0.461 e. The van der Waals surface area contributed by atoms with Crippen LogP contribution < -0.4 is 4.90 Å². The summed E-state index contributed by atoms with van der Waals surface area (Å²) in [7, 11) is 1.84. The van der Waals surface area contributed by atoms with Crippen molar-refractivity contribution in [2.75, 3.05) is 17.2 Å². The van der Waals surface area contributed by atoms with E-state index in [9.17, 15) is 4.79 Å². The molecule has 0 radical (unpaired) electrons. The third-order valence-corrected chi connectivity index (χ3v) is 5.17. The number of nitriles is 1. The van der Waals surface area contributed by atoms with Crippen LogP contribution in [0.25, 0.3) is 11.6 Å². The van der Waals surface area contributed by atoms with E-state index in [1.165, 1.54) is 11.8 Å². The Morgan fingerprint density at radius 2 is 2.04 bits per heavy atom. The summed E-state index contributed by atoms with van der Waals surface area (Å²) in [4.78, 5) is 14.6. The van der Waals surface area contributed by atoms with E-state index in [1.54, 1.807) is 21.8 Å². The Kier molecular flexibility index (Phi) is 6.16. The minimum absolute atomic E-state index is 0.0761. The Bertz CT molecular complexity index is 984. The number of aryl methyl sites for hydroxylation is 2. The fourth-order valence-corrected chi connectivity index (χ4v) is 3.72. The quantitative estimate of drug-likeness (QED) is 0.567. The van der Waals surface area contributed by atoms with Crippen molar-refractivity contribution < 1.29 is 9.21 Å². The standard InChI is InChI=1S/C20H21N5O2S/c1-14-10-15(2)12-16(11-14)25(8-5-7-21)18(26)13-28-20-23-22-19(24(20)3)17-6-4-9-27-17/h4,6,9-12H,5,8,13H2,1-3H3. The van der Waals surface area contributed by atoms with Gasteiger partial charge in [-0.05, 0) is 49.2 Å². The van der Waals surface area contributed by atoms with Crippen LogP contribution in [-0.4, -0.2) is 33.0 Å². The predicted molar refractivity (Wildman–Crippen MR) is 108 cm³/mol. The van der Waals surface area contributed by atoms with E-state index in [-0.39, 0.29) is 18.1 Å². The number of aromatic nitrogens is 3. The van der Waals surface area contributed by atoms with Gasteiger partial charge in [0.05, 0.1) is 24.5 Å². The molecule has 0 saturated heterocycles. The molecule has 0 spiro atoms. The third kappa shape index (κ3) is 4.43. The molecule has 8 heteroatoms. The van der Waals surface area contributed by atoms with Gasteiger partial charge in [0, 0.05) is 19.3 Å². The van der Waals surface area contributed by atoms with Crippen LogP contribution in [0.1, 0.15) is 17.5 Å². The van der Waals surface area contributed by atoms with Gasteiger partial charge < -0.3 is 13.9 Å². The molecule has 1 amide bonds. The van der Waals surface area contributed by atoms with E-state index in [2.05, 4.69) is 22.3 Å². The van der Waals surface area contributed by atoms with Crippen LogP contribution in [0.15, 0.2) is 46.2 Å². The second-order valence-corrected chi connectivity index (χ2v) is 7.37. The second kappa shape index (κ2) is 8.76. The zero-order valence-electron chi connectivity index (χ0n) is 16.0. The molecule has 0 aliphatic rings. The van der Waals surface area contributed by atoms with E-state index in [4.69, 9.17) is 9.68 Å². The summed E-state index contributed by atoms with van der Waals surface area (Å²) in [5.74, 6) is 1.35. The van der Waals surface area contributed by atoms with Crippen molar-refractivity contribution in [1.29, 1.82) is 5.26 Å². The lowest BCUT2D eigenvalue weighted by Crippen LogP contribution is -2.33. The number of hydrogen-bond acceptors (Lipinski definition) is 6. The molecule has 2 aromatic heterocycles. The first-order valence-electron chi connectivity index (χ1n) is 8.81.